The Hall–Kier alpha value is -3.92. The van der Waals surface area contributed by atoms with E-state index in [-0.39, 0.29) is 24.5 Å². The maximum atomic E-state index is 13.3. The molecule has 1 aromatic heterocycles. The van der Waals surface area contributed by atoms with Crippen molar-refractivity contribution in [1.82, 2.24) is 9.88 Å². The van der Waals surface area contributed by atoms with Crippen LogP contribution in [0.25, 0.3) is 27.7 Å². The summed E-state index contributed by atoms with van der Waals surface area (Å²) in [4.78, 5) is 31.5. The first kappa shape index (κ1) is 21.0. The Balaban J connectivity index is 1.30. The van der Waals surface area contributed by atoms with Crippen molar-refractivity contribution in [3.8, 4) is 11.3 Å². The van der Waals surface area contributed by atoms with Gasteiger partial charge < -0.3 is 9.88 Å². The SMILES string of the molecule is O=C(CCC(=O)N1CC=C(c2ccccc2)CC1)c1c(-c2ccccc2)[nH]c2ccccc12. The summed E-state index contributed by atoms with van der Waals surface area (Å²) in [7, 11) is 0. The summed E-state index contributed by atoms with van der Waals surface area (Å²) in [5, 5.41) is 0.905. The van der Waals surface area contributed by atoms with E-state index in [9.17, 15) is 9.59 Å². The molecule has 3 aromatic carbocycles. The molecule has 1 N–H and O–H groups in total. The first-order valence-corrected chi connectivity index (χ1v) is 11.4. The van der Waals surface area contributed by atoms with Gasteiger partial charge in [-0.25, -0.2) is 0 Å². The highest BCUT2D eigenvalue weighted by Gasteiger charge is 2.22. The van der Waals surface area contributed by atoms with E-state index in [4.69, 9.17) is 0 Å². The van der Waals surface area contributed by atoms with E-state index >= 15 is 0 Å². The summed E-state index contributed by atoms with van der Waals surface area (Å²) in [6.45, 7) is 1.29. The van der Waals surface area contributed by atoms with Gasteiger partial charge in [0.1, 0.15) is 0 Å². The van der Waals surface area contributed by atoms with Crippen LogP contribution in [0.3, 0.4) is 0 Å². The second-order valence-electron chi connectivity index (χ2n) is 8.39. The van der Waals surface area contributed by atoms with E-state index in [1.807, 2.05) is 77.7 Å². The number of fused-ring (bicyclic) bond motifs is 1. The van der Waals surface area contributed by atoms with Crippen molar-refractivity contribution in [2.75, 3.05) is 13.1 Å². The zero-order valence-corrected chi connectivity index (χ0v) is 18.5. The molecule has 0 unspecified atom stereocenters. The van der Waals surface area contributed by atoms with E-state index in [0.29, 0.717) is 18.7 Å². The van der Waals surface area contributed by atoms with Gasteiger partial charge in [-0.1, -0.05) is 84.9 Å². The van der Waals surface area contributed by atoms with Crippen molar-refractivity contribution in [3.63, 3.8) is 0 Å². The van der Waals surface area contributed by atoms with Crippen molar-refractivity contribution in [1.29, 1.82) is 0 Å². The van der Waals surface area contributed by atoms with Crippen LogP contribution in [0.1, 0.15) is 35.2 Å². The second kappa shape index (κ2) is 9.29. The number of H-pyrrole nitrogens is 1. The summed E-state index contributed by atoms with van der Waals surface area (Å²) in [6.07, 6.45) is 3.39. The van der Waals surface area contributed by atoms with Crippen molar-refractivity contribution in [3.05, 3.63) is 102 Å². The maximum absolute atomic E-state index is 13.3. The Bertz CT molecular complexity index is 1320. The van der Waals surface area contributed by atoms with Crippen LogP contribution in [0.5, 0.6) is 0 Å². The number of carbonyl (C=O) groups is 2. The molecule has 1 amide bonds. The third-order valence-electron chi connectivity index (χ3n) is 6.32. The van der Waals surface area contributed by atoms with Crippen LogP contribution in [-0.2, 0) is 4.79 Å². The van der Waals surface area contributed by atoms with Gasteiger partial charge in [-0.3, -0.25) is 9.59 Å². The highest BCUT2D eigenvalue weighted by Crippen LogP contribution is 2.31. The monoisotopic (exact) mass is 434 g/mol. The molecule has 0 saturated carbocycles. The number of amides is 1. The lowest BCUT2D eigenvalue weighted by molar-refractivity contribution is -0.130. The molecule has 0 aliphatic carbocycles. The fourth-order valence-electron chi connectivity index (χ4n) is 4.57. The highest BCUT2D eigenvalue weighted by atomic mass is 16.2. The molecule has 4 heteroatoms. The average molecular weight is 435 g/mol. The summed E-state index contributed by atoms with van der Waals surface area (Å²) in [5.41, 5.74) is 5.89. The normalized spacial score (nSPS) is 13.7. The van der Waals surface area contributed by atoms with Gasteiger partial charge in [0.05, 0.1) is 11.3 Å². The van der Waals surface area contributed by atoms with Crippen molar-refractivity contribution < 1.29 is 9.59 Å². The van der Waals surface area contributed by atoms with Gasteiger partial charge in [0, 0.05) is 36.8 Å². The van der Waals surface area contributed by atoms with E-state index in [1.165, 1.54) is 11.1 Å². The lowest BCUT2D eigenvalue weighted by Crippen LogP contribution is -2.34. The molecule has 33 heavy (non-hydrogen) atoms. The molecule has 0 atom stereocenters. The lowest BCUT2D eigenvalue weighted by Gasteiger charge is -2.26. The minimum absolute atomic E-state index is 0.00261. The Kier molecular flexibility index (Phi) is 5.90. The van der Waals surface area contributed by atoms with Crippen LogP contribution in [0, 0.1) is 0 Å². The van der Waals surface area contributed by atoms with Crippen LogP contribution in [-0.4, -0.2) is 34.7 Å². The number of hydrogen-bond donors (Lipinski definition) is 1. The molecule has 5 rings (SSSR count). The van der Waals surface area contributed by atoms with E-state index in [2.05, 4.69) is 23.2 Å². The van der Waals surface area contributed by atoms with Crippen LogP contribution < -0.4 is 0 Å². The van der Waals surface area contributed by atoms with Gasteiger partial charge in [-0.2, -0.15) is 0 Å². The number of Topliss-reactive ketones (excluding diaryl/α,β-unsaturated/α-hetero) is 1. The number of rotatable bonds is 6. The van der Waals surface area contributed by atoms with Gasteiger partial charge in [-0.05, 0) is 29.2 Å². The molecule has 1 aliphatic rings. The first-order valence-electron chi connectivity index (χ1n) is 11.4. The maximum Gasteiger partial charge on any atom is 0.223 e. The summed E-state index contributed by atoms with van der Waals surface area (Å²) in [5.74, 6) is 0.0324. The molecule has 0 bridgehead atoms. The Morgan fingerprint density at radius 1 is 0.788 bits per heavy atom. The third kappa shape index (κ3) is 4.37. The number of ketones is 1. The number of nitrogens with zero attached hydrogens (tertiary/aromatic N) is 1. The zero-order valence-electron chi connectivity index (χ0n) is 18.5. The van der Waals surface area contributed by atoms with Gasteiger partial charge in [0.15, 0.2) is 5.78 Å². The molecule has 0 spiro atoms. The smallest absolute Gasteiger partial charge is 0.223 e. The Labute approximate surface area is 193 Å². The molecule has 164 valence electrons. The molecule has 4 nitrogen and oxygen atoms in total. The lowest BCUT2D eigenvalue weighted by atomic mass is 9.98. The fraction of sp³-hybridized carbons (Fsp3) is 0.172. The van der Waals surface area contributed by atoms with Crippen molar-refractivity contribution in [2.24, 2.45) is 0 Å². The van der Waals surface area contributed by atoms with E-state index in [1.54, 1.807) is 0 Å². The standard InChI is InChI=1S/C29H26N2O2/c32-26(15-16-27(33)31-19-17-22(18-20-31)21-9-3-1-4-10-21)28-24-13-7-8-14-25(24)30-29(28)23-11-5-2-6-12-23/h1-14,17,30H,15-16,18-20H2. The second-order valence-corrected chi connectivity index (χ2v) is 8.39. The van der Waals surface area contributed by atoms with Crippen molar-refractivity contribution >= 4 is 28.2 Å². The number of para-hydroxylation sites is 1. The minimum atomic E-state index is -0.00261. The molecule has 1 aliphatic heterocycles. The summed E-state index contributed by atoms with van der Waals surface area (Å²) >= 11 is 0. The molecular formula is C29H26N2O2. The highest BCUT2D eigenvalue weighted by molar-refractivity contribution is 6.13. The number of nitrogens with one attached hydrogen (secondary N) is 1. The number of aromatic amines is 1. The molecule has 0 fully saturated rings. The zero-order chi connectivity index (χ0) is 22.6. The first-order chi connectivity index (χ1) is 16.2. The number of benzene rings is 3. The summed E-state index contributed by atoms with van der Waals surface area (Å²) in [6, 6.07) is 28.0. The van der Waals surface area contributed by atoms with E-state index in [0.717, 1.165) is 28.6 Å². The number of hydrogen-bond acceptors (Lipinski definition) is 2. The molecule has 0 radical (unpaired) electrons. The van der Waals surface area contributed by atoms with Crippen LogP contribution in [0.15, 0.2) is 91.0 Å². The fourth-order valence-corrected chi connectivity index (χ4v) is 4.57. The average Bonchev–Trinajstić information content (AvgIpc) is 3.28. The number of aromatic nitrogens is 1. The predicted molar refractivity (Wildman–Crippen MR) is 133 cm³/mol. The van der Waals surface area contributed by atoms with Crippen molar-refractivity contribution in [2.45, 2.75) is 19.3 Å². The van der Waals surface area contributed by atoms with Gasteiger partial charge >= 0.3 is 0 Å². The van der Waals surface area contributed by atoms with Gasteiger partial charge in [0.2, 0.25) is 5.91 Å². The minimum Gasteiger partial charge on any atom is -0.354 e. The van der Waals surface area contributed by atoms with E-state index < -0.39 is 0 Å². The third-order valence-corrected chi connectivity index (χ3v) is 6.32. The summed E-state index contributed by atoms with van der Waals surface area (Å²) < 4.78 is 0. The van der Waals surface area contributed by atoms with Gasteiger partial charge in [0.25, 0.3) is 0 Å². The molecular weight excluding hydrogens is 408 g/mol. The van der Waals surface area contributed by atoms with Gasteiger partial charge in [-0.15, -0.1) is 0 Å². The van der Waals surface area contributed by atoms with Crippen LogP contribution in [0.4, 0.5) is 0 Å². The van der Waals surface area contributed by atoms with Crippen LogP contribution in [0.2, 0.25) is 0 Å². The number of carbonyl (C=O) groups excluding carboxylic acids is 2. The van der Waals surface area contributed by atoms with Crippen LogP contribution >= 0.6 is 0 Å². The Morgan fingerprint density at radius 3 is 2.15 bits per heavy atom. The quantitative estimate of drug-likeness (QED) is 0.372. The Morgan fingerprint density at radius 2 is 1.45 bits per heavy atom. The molecule has 4 aromatic rings. The largest absolute Gasteiger partial charge is 0.354 e. The topological polar surface area (TPSA) is 53.2 Å². The molecule has 2 heterocycles. The predicted octanol–water partition coefficient (Wildman–Crippen LogP) is 6.11. The molecule has 0 saturated heterocycles.